The Balaban J connectivity index is 1.78. The fraction of sp³-hybridized carbons (Fsp3) is 0.533. The summed E-state index contributed by atoms with van der Waals surface area (Å²) in [6.45, 7) is 5.22. The minimum absolute atomic E-state index is 0.106. The molecule has 0 aromatic carbocycles. The first-order valence-electron chi connectivity index (χ1n) is 7.52. The Morgan fingerprint density at radius 1 is 1.26 bits per heavy atom. The summed E-state index contributed by atoms with van der Waals surface area (Å²) in [5, 5.41) is 3.69. The highest BCUT2D eigenvalue weighted by atomic mass is 19.4. The third kappa shape index (κ3) is 3.30. The van der Waals surface area contributed by atoms with Crippen LogP contribution in [0.2, 0.25) is 0 Å². The van der Waals surface area contributed by atoms with Gasteiger partial charge in [-0.1, -0.05) is 0 Å². The van der Waals surface area contributed by atoms with Gasteiger partial charge < -0.3 is 4.90 Å². The highest BCUT2D eigenvalue weighted by molar-refractivity contribution is 5.33. The van der Waals surface area contributed by atoms with E-state index in [9.17, 15) is 13.2 Å². The molecule has 1 atom stereocenters. The van der Waals surface area contributed by atoms with E-state index in [-0.39, 0.29) is 6.04 Å². The summed E-state index contributed by atoms with van der Waals surface area (Å²) in [6, 6.07) is 0.913. The highest BCUT2D eigenvalue weighted by Gasteiger charge is 2.34. The van der Waals surface area contributed by atoms with Crippen LogP contribution in [-0.4, -0.2) is 32.8 Å². The minimum Gasteiger partial charge on any atom is -0.339 e. The highest BCUT2D eigenvalue weighted by Crippen LogP contribution is 2.29. The van der Waals surface area contributed by atoms with E-state index < -0.39 is 11.9 Å². The Labute approximate surface area is 132 Å². The smallest absolute Gasteiger partial charge is 0.339 e. The first-order valence-corrected chi connectivity index (χ1v) is 7.52. The lowest BCUT2D eigenvalue weighted by Gasteiger charge is -2.33. The number of hydrogen-bond donors (Lipinski definition) is 0. The van der Waals surface area contributed by atoms with Crippen molar-refractivity contribution in [2.24, 2.45) is 0 Å². The lowest BCUT2D eigenvalue weighted by molar-refractivity contribution is -0.141. The maximum atomic E-state index is 12.7. The molecule has 1 aliphatic rings. The monoisotopic (exact) mass is 325 g/mol. The van der Waals surface area contributed by atoms with E-state index in [0.29, 0.717) is 12.5 Å². The number of anilines is 1. The molecule has 0 N–H and O–H groups in total. The van der Waals surface area contributed by atoms with Crippen molar-refractivity contribution in [3.63, 3.8) is 0 Å². The number of aryl methyl sites for hydroxylation is 2. The molecule has 0 aliphatic carbocycles. The van der Waals surface area contributed by atoms with Crippen molar-refractivity contribution in [2.45, 2.75) is 38.9 Å². The second kappa shape index (κ2) is 5.82. The van der Waals surface area contributed by atoms with Crippen LogP contribution in [0.3, 0.4) is 0 Å². The van der Waals surface area contributed by atoms with Crippen molar-refractivity contribution in [1.82, 2.24) is 19.7 Å². The molecule has 0 saturated carbocycles. The Morgan fingerprint density at radius 2 is 2.04 bits per heavy atom. The summed E-state index contributed by atoms with van der Waals surface area (Å²) >= 11 is 0. The molecule has 3 rings (SSSR count). The summed E-state index contributed by atoms with van der Waals surface area (Å²) in [4.78, 5) is 10.8. The summed E-state index contributed by atoms with van der Waals surface area (Å²) in [7, 11) is 0. The molecule has 2 aromatic heterocycles. The van der Waals surface area contributed by atoms with Crippen molar-refractivity contribution < 1.29 is 13.2 Å². The lowest BCUT2D eigenvalue weighted by Crippen LogP contribution is -2.38. The molecule has 1 unspecified atom stereocenters. The van der Waals surface area contributed by atoms with Crippen LogP contribution in [0.5, 0.6) is 0 Å². The summed E-state index contributed by atoms with van der Waals surface area (Å²) in [6.07, 6.45) is 0.425. The van der Waals surface area contributed by atoms with Crippen molar-refractivity contribution in [2.75, 3.05) is 18.0 Å². The van der Waals surface area contributed by atoms with E-state index >= 15 is 0 Å². The predicted molar refractivity (Wildman–Crippen MR) is 79.2 cm³/mol. The SMILES string of the molecule is Cc1cnc(N2CCCC(n3ccc(C(F)(F)F)n3)C2)nc1C. The van der Waals surface area contributed by atoms with Crippen molar-refractivity contribution in [3.05, 3.63) is 35.4 Å². The fourth-order valence-corrected chi connectivity index (χ4v) is 2.71. The summed E-state index contributed by atoms with van der Waals surface area (Å²) in [5.41, 5.74) is 1.08. The zero-order valence-electron chi connectivity index (χ0n) is 13.0. The zero-order chi connectivity index (χ0) is 16.6. The van der Waals surface area contributed by atoms with Crippen molar-refractivity contribution in [3.8, 4) is 0 Å². The van der Waals surface area contributed by atoms with E-state index in [1.807, 2.05) is 18.7 Å². The van der Waals surface area contributed by atoms with Crippen LogP contribution in [0, 0.1) is 13.8 Å². The molecule has 0 amide bonds. The van der Waals surface area contributed by atoms with Crippen LogP contribution in [0.25, 0.3) is 0 Å². The van der Waals surface area contributed by atoms with Gasteiger partial charge in [0.2, 0.25) is 5.95 Å². The van der Waals surface area contributed by atoms with E-state index in [0.717, 1.165) is 36.7 Å². The van der Waals surface area contributed by atoms with E-state index in [2.05, 4.69) is 15.1 Å². The number of aromatic nitrogens is 4. The van der Waals surface area contributed by atoms with E-state index in [1.165, 1.54) is 10.9 Å². The second-order valence-electron chi connectivity index (χ2n) is 5.86. The molecule has 1 saturated heterocycles. The van der Waals surface area contributed by atoms with Gasteiger partial charge in [0.25, 0.3) is 0 Å². The van der Waals surface area contributed by atoms with Crippen molar-refractivity contribution in [1.29, 1.82) is 0 Å². The van der Waals surface area contributed by atoms with Crippen LogP contribution in [-0.2, 0) is 6.18 Å². The van der Waals surface area contributed by atoms with Gasteiger partial charge in [-0.2, -0.15) is 18.3 Å². The normalized spacial score (nSPS) is 19.2. The maximum absolute atomic E-state index is 12.7. The van der Waals surface area contributed by atoms with Gasteiger partial charge in [-0.3, -0.25) is 4.68 Å². The number of halogens is 3. The first-order chi connectivity index (χ1) is 10.8. The Hall–Kier alpha value is -2.12. The molecule has 8 heteroatoms. The first kappa shape index (κ1) is 15.8. The largest absolute Gasteiger partial charge is 0.435 e. The number of nitrogens with zero attached hydrogens (tertiary/aromatic N) is 5. The topological polar surface area (TPSA) is 46.8 Å². The van der Waals surface area contributed by atoms with Crippen molar-refractivity contribution >= 4 is 5.95 Å². The van der Waals surface area contributed by atoms with E-state index in [1.54, 1.807) is 6.20 Å². The fourth-order valence-electron chi connectivity index (χ4n) is 2.71. The molecule has 124 valence electrons. The van der Waals surface area contributed by atoms with Gasteiger partial charge >= 0.3 is 6.18 Å². The van der Waals surface area contributed by atoms with Crippen LogP contribution in [0.4, 0.5) is 19.1 Å². The predicted octanol–water partition coefficient (Wildman–Crippen LogP) is 3.15. The average molecular weight is 325 g/mol. The average Bonchev–Trinajstić information content (AvgIpc) is 3.00. The molecular weight excluding hydrogens is 307 g/mol. The quantitative estimate of drug-likeness (QED) is 0.851. The molecule has 1 aliphatic heterocycles. The van der Waals surface area contributed by atoms with Crippen LogP contribution in [0.15, 0.2) is 18.5 Å². The molecular formula is C15H18F3N5. The van der Waals surface area contributed by atoms with Gasteiger partial charge in [0.05, 0.1) is 6.04 Å². The van der Waals surface area contributed by atoms with Crippen LogP contribution in [0.1, 0.15) is 35.8 Å². The lowest BCUT2D eigenvalue weighted by atomic mass is 10.1. The number of rotatable bonds is 2. The third-order valence-corrected chi connectivity index (χ3v) is 4.16. The van der Waals surface area contributed by atoms with Gasteiger partial charge in [0, 0.05) is 31.2 Å². The molecule has 1 fully saturated rings. The molecule has 3 heterocycles. The summed E-state index contributed by atoms with van der Waals surface area (Å²) in [5.74, 6) is 0.626. The molecule has 2 aromatic rings. The molecule has 0 spiro atoms. The molecule has 23 heavy (non-hydrogen) atoms. The van der Waals surface area contributed by atoms with E-state index in [4.69, 9.17) is 0 Å². The molecule has 5 nitrogen and oxygen atoms in total. The Bertz CT molecular complexity index is 695. The minimum atomic E-state index is -4.41. The molecule has 0 radical (unpaired) electrons. The van der Waals surface area contributed by atoms with Gasteiger partial charge in [-0.15, -0.1) is 0 Å². The maximum Gasteiger partial charge on any atom is 0.435 e. The van der Waals surface area contributed by atoms with Crippen LogP contribution < -0.4 is 4.90 Å². The third-order valence-electron chi connectivity index (χ3n) is 4.16. The zero-order valence-corrected chi connectivity index (χ0v) is 13.0. The van der Waals surface area contributed by atoms with Gasteiger partial charge in [0.15, 0.2) is 5.69 Å². The molecule has 0 bridgehead atoms. The summed E-state index contributed by atoms with van der Waals surface area (Å²) < 4.78 is 39.5. The number of alkyl halides is 3. The second-order valence-corrected chi connectivity index (χ2v) is 5.86. The van der Waals surface area contributed by atoms with Gasteiger partial charge in [-0.05, 0) is 38.3 Å². The standard InChI is InChI=1S/C15H18F3N5/c1-10-8-19-14(20-11(10)2)22-6-3-4-12(9-22)23-7-5-13(21-23)15(16,17)18/h5,7-8,12H,3-4,6,9H2,1-2H3. The van der Waals surface area contributed by atoms with Crippen LogP contribution >= 0.6 is 0 Å². The number of piperidine rings is 1. The number of hydrogen-bond acceptors (Lipinski definition) is 4. The Kier molecular flexibility index (Phi) is 3.99. The van der Waals surface area contributed by atoms with Gasteiger partial charge in [0.1, 0.15) is 0 Å². The Morgan fingerprint density at radius 3 is 2.70 bits per heavy atom. The van der Waals surface area contributed by atoms with Gasteiger partial charge in [-0.25, -0.2) is 9.97 Å².